The van der Waals surface area contributed by atoms with Crippen molar-refractivity contribution in [2.45, 2.75) is 44.1 Å². The van der Waals surface area contributed by atoms with Crippen LogP contribution in [-0.2, 0) is 28.3 Å². The van der Waals surface area contributed by atoms with E-state index < -0.39 is 53.6 Å². The molecule has 2 rings (SSSR count). The number of ether oxygens (including phenoxy) is 1. The van der Waals surface area contributed by atoms with Crippen LogP contribution in [0.5, 0.6) is 0 Å². The van der Waals surface area contributed by atoms with E-state index in [1.807, 2.05) is 0 Å². The van der Waals surface area contributed by atoms with Crippen molar-refractivity contribution >= 4 is 12.1 Å². The summed E-state index contributed by atoms with van der Waals surface area (Å²) >= 11 is 0. The lowest BCUT2D eigenvalue weighted by molar-refractivity contribution is -0.147. The number of benzene rings is 1. The van der Waals surface area contributed by atoms with Gasteiger partial charge in [0.25, 0.3) is 0 Å². The molecule has 1 heterocycles. The van der Waals surface area contributed by atoms with Gasteiger partial charge in [-0.15, -0.1) is 0 Å². The minimum atomic E-state index is -5.06. The van der Waals surface area contributed by atoms with Gasteiger partial charge in [-0.2, -0.15) is 26.3 Å². The number of carbonyl (C=O) groups excluding carboxylic acids is 1. The zero-order valence-electron chi connectivity index (χ0n) is 14.4. The number of nitrogens with zero attached hydrogens (tertiary/aromatic N) is 1. The average Bonchev–Trinajstić information content (AvgIpc) is 2.60. The van der Waals surface area contributed by atoms with Crippen molar-refractivity contribution in [3.05, 3.63) is 34.9 Å². The fourth-order valence-electron chi connectivity index (χ4n) is 2.80. The number of piperidine rings is 1. The highest BCUT2D eigenvalue weighted by Gasteiger charge is 2.37. The predicted octanol–water partition coefficient (Wildman–Crippen LogP) is 4.34. The molecule has 0 aliphatic carbocycles. The molecule has 5 nitrogen and oxygen atoms in total. The molecule has 0 unspecified atom stereocenters. The quantitative estimate of drug-likeness (QED) is 0.746. The minimum absolute atomic E-state index is 0.0565. The first kappa shape index (κ1) is 21.8. The van der Waals surface area contributed by atoms with Crippen LogP contribution in [0, 0.1) is 0 Å². The standard InChI is InChI=1S/C17H17F6NO4/c18-16(19,20)11-6-10(7-12(9-11)17(21,22)23)8-13(14(25)26)28-15(27)24-4-2-1-3-5-24/h6-7,9,13H,1-5,8H2,(H,25,26)/t13-/m1/s1. The average molecular weight is 413 g/mol. The van der Waals surface area contributed by atoms with E-state index in [1.54, 1.807) is 0 Å². The van der Waals surface area contributed by atoms with Crippen LogP contribution in [0.2, 0.25) is 0 Å². The molecule has 0 bridgehead atoms. The predicted molar refractivity (Wildman–Crippen MR) is 83.5 cm³/mol. The molecule has 1 aliphatic heterocycles. The van der Waals surface area contributed by atoms with Gasteiger partial charge in [-0.1, -0.05) is 0 Å². The molecule has 1 fully saturated rings. The second-order valence-corrected chi connectivity index (χ2v) is 6.38. The van der Waals surface area contributed by atoms with Gasteiger partial charge < -0.3 is 14.7 Å². The third-order valence-electron chi connectivity index (χ3n) is 4.20. The molecule has 1 saturated heterocycles. The van der Waals surface area contributed by atoms with E-state index in [-0.39, 0.29) is 6.07 Å². The van der Waals surface area contributed by atoms with Crippen molar-refractivity contribution in [2.24, 2.45) is 0 Å². The Labute approximate surface area is 155 Å². The van der Waals surface area contributed by atoms with Gasteiger partial charge in [0.15, 0.2) is 0 Å². The Bertz CT molecular complexity index is 693. The molecule has 1 N–H and O–H groups in total. The Hall–Kier alpha value is -2.46. The van der Waals surface area contributed by atoms with Gasteiger partial charge >= 0.3 is 24.4 Å². The summed E-state index contributed by atoms with van der Waals surface area (Å²) in [6.07, 6.45) is -11.6. The fourth-order valence-corrected chi connectivity index (χ4v) is 2.80. The van der Waals surface area contributed by atoms with Crippen LogP contribution in [0.1, 0.15) is 36.0 Å². The van der Waals surface area contributed by atoms with Crippen molar-refractivity contribution in [1.82, 2.24) is 4.90 Å². The van der Waals surface area contributed by atoms with Crippen molar-refractivity contribution in [3.8, 4) is 0 Å². The van der Waals surface area contributed by atoms with E-state index in [1.165, 1.54) is 4.90 Å². The van der Waals surface area contributed by atoms with E-state index >= 15 is 0 Å². The summed E-state index contributed by atoms with van der Waals surface area (Å²) in [5.41, 5.74) is -3.69. The number of alkyl halides is 6. The third kappa shape index (κ3) is 5.77. The molecular weight excluding hydrogens is 396 g/mol. The molecule has 1 aromatic rings. The number of aliphatic carboxylic acids is 1. The van der Waals surface area contributed by atoms with Crippen LogP contribution in [0.15, 0.2) is 18.2 Å². The molecule has 1 atom stereocenters. The van der Waals surface area contributed by atoms with E-state index in [0.29, 0.717) is 38.1 Å². The lowest BCUT2D eigenvalue weighted by Gasteiger charge is -2.27. The van der Waals surface area contributed by atoms with Gasteiger partial charge in [-0.05, 0) is 43.0 Å². The summed E-state index contributed by atoms with van der Waals surface area (Å²) in [6.45, 7) is 0.680. The Morgan fingerprint density at radius 1 is 0.964 bits per heavy atom. The first-order chi connectivity index (χ1) is 12.9. The molecule has 1 aromatic carbocycles. The lowest BCUT2D eigenvalue weighted by Crippen LogP contribution is -2.40. The smallest absolute Gasteiger partial charge is 0.416 e. The highest BCUT2D eigenvalue weighted by molar-refractivity contribution is 5.77. The fraction of sp³-hybridized carbons (Fsp3) is 0.529. The molecule has 156 valence electrons. The number of halogens is 6. The molecule has 28 heavy (non-hydrogen) atoms. The van der Waals surface area contributed by atoms with Crippen molar-refractivity contribution < 1.29 is 45.8 Å². The topological polar surface area (TPSA) is 66.8 Å². The Morgan fingerprint density at radius 3 is 1.89 bits per heavy atom. The summed E-state index contributed by atoms with van der Waals surface area (Å²) in [6, 6.07) is 0.777. The molecule has 1 aliphatic rings. The zero-order chi connectivity index (χ0) is 21.1. The van der Waals surface area contributed by atoms with Gasteiger partial charge in [0.05, 0.1) is 11.1 Å². The van der Waals surface area contributed by atoms with E-state index in [4.69, 9.17) is 4.74 Å². The first-order valence-corrected chi connectivity index (χ1v) is 8.34. The molecule has 0 aromatic heterocycles. The van der Waals surface area contributed by atoms with Gasteiger partial charge in [0, 0.05) is 19.5 Å². The summed E-state index contributed by atoms with van der Waals surface area (Å²) in [5, 5.41) is 9.20. The molecular formula is C17H17F6NO4. The molecule has 0 radical (unpaired) electrons. The second kappa shape index (κ2) is 8.27. The molecule has 1 amide bonds. The summed E-state index contributed by atoms with van der Waals surface area (Å²) in [7, 11) is 0. The number of rotatable bonds is 4. The van der Waals surface area contributed by atoms with Crippen molar-refractivity contribution in [2.75, 3.05) is 13.1 Å². The highest BCUT2D eigenvalue weighted by Crippen LogP contribution is 2.36. The van der Waals surface area contributed by atoms with Crippen LogP contribution in [0.3, 0.4) is 0 Å². The maximum Gasteiger partial charge on any atom is 0.416 e. The van der Waals surface area contributed by atoms with Crippen molar-refractivity contribution in [3.63, 3.8) is 0 Å². The number of hydrogen-bond acceptors (Lipinski definition) is 3. The second-order valence-electron chi connectivity index (χ2n) is 6.38. The number of amides is 1. The lowest BCUT2D eigenvalue weighted by atomic mass is 10.0. The van der Waals surface area contributed by atoms with Gasteiger partial charge in [0.1, 0.15) is 0 Å². The number of carbonyl (C=O) groups is 2. The maximum absolute atomic E-state index is 12.9. The Kier molecular flexibility index (Phi) is 6.45. The van der Waals surface area contributed by atoms with Gasteiger partial charge in [0.2, 0.25) is 6.10 Å². The zero-order valence-corrected chi connectivity index (χ0v) is 14.4. The monoisotopic (exact) mass is 413 g/mol. The van der Waals surface area contributed by atoms with Gasteiger partial charge in [-0.3, -0.25) is 0 Å². The van der Waals surface area contributed by atoms with Crippen LogP contribution in [0.25, 0.3) is 0 Å². The van der Waals surface area contributed by atoms with E-state index in [9.17, 15) is 41.0 Å². The third-order valence-corrected chi connectivity index (χ3v) is 4.20. The largest absolute Gasteiger partial charge is 0.478 e. The SMILES string of the molecule is O=C(O)[C@@H](Cc1cc(C(F)(F)F)cc(C(F)(F)F)c1)OC(=O)N1CCCCC1. The van der Waals surface area contributed by atoms with Crippen LogP contribution < -0.4 is 0 Å². The molecule has 11 heteroatoms. The minimum Gasteiger partial charge on any atom is -0.478 e. The van der Waals surface area contributed by atoms with Crippen LogP contribution in [-0.4, -0.2) is 41.3 Å². The number of carboxylic acids is 1. The maximum atomic E-state index is 12.9. The Balaban J connectivity index is 2.26. The molecule has 0 spiro atoms. The number of carboxylic acid groups (broad SMARTS) is 1. The highest BCUT2D eigenvalue weighted by atomic mass is 19.4. The number of hydrogen-bond donors (Lipinski definition) is 1. The summed E-state index contributed by atoms with van der Waals surface area (Å²) < 4.78 is 82.3. The molecule has 0 saturated carbocycles. The van der Waals surface area contributed by atoms with E-state index in [0.717, 1.165) is 6.42 Å². The van der Waals surface area contributed by atoms with Gasteiger partial charge in [-0.25, -0.2) is 9.59 Å². The summed E-state index contributed by atoms with van der Waals surface area (Å²) in [4.78, 5) is 24.6. The Morgan fingerprint density at radius 2 is 1.46 bits per heavy atom. The summed E-state index contributed by atoms with van der Waals surface area (Å²) in [5.74, 6) is -1.67. The first-order valence-electron chi connectivity index (χ1n) is 8.34. The van der Waals surface area contributed by atoms with Crippen LogP contribution >= 0.6 is 0 Å². The van der Waals surface area contributed by atoms with Crippen molar-refractivity contribution in [1.29, 1.82) is 0 Å². The normalized spacial score (nSPS) is 16.6. The van der Waals surface area contributed by atoms with E-state index in [2.05, 4.69) is 0 Å². The van der Waals surface area contributed by atoms with Crippen LogP contribution in [0.4, 0.5) is 31.1 Å². The number of likely N-dealkylation sites (tertiary alicyclic amines) is 1.